The topological polar surface area (TPSA) is 54.5 Å². The second kappa shape index (κ2) is 7.00. The van der Waals surface area contributed by atoms with Crippen LogP contribution in [0.2, 0.25) is 0 Å². The Morgan fingerprint density at radius 3 is 3.05 bits per heavy atom. The Balaban J connectivity index is 2.01. The highest BCUT2D eigenvalue weighted by Crippen LogP contribution is 2.27. The molecule has 1 aromatic heterocycles. The van der Waals surface area contributed by atoms with Crippen LogP contribution in [0.15, 0.2) is 24.5 Å². The minimum atomic E-state index is -0.445. The molecule has 2 rings (SSSR count). The molecule has 0 radical (unpaired) electrons. The lowest BCUT2D eigenvalue weighted by atomic mass is 9.88. The average Bonchev–Trinajstić information content (AvgIpc) is 2.53. The molecule has 1 fully saturated rings. The van der Waals surface area contributed by atoms with Crippen molar-refractivity contribution in [3.63, 3.8) is 0 Å². The SMILES string of the molecule is COC(=O)C(C)(C)CCN1CCNCC1c1cccnc1. The first-order valence-electron chi connectivity index (χ1n) is 7.48. The van der Waals surface area contributed by atoms with Crippen LogP contribution in [0.4, 0.5) is 0 Å². The van der Waals surface area contributed by atoms with Crippen LogP contribution < -0.4 is 5.32 Å². The molecule has 2 heterocycles. The van der Waals surface area contributed by atoms with Gasteiger partial charge in [0.2, 0.25) is 0 Å². The van der Waals surface area contributed by atoms with Gasteiger partial charge in [0.1, 0.15) is 0 Å². The van der Waals surface area contributed by atoms with Crippen molar-refractivity contribution >= 4 is 5.97 Å². The predicted molar refractivity (Wildman–Crippen MR) is 81.8 cm³/mol. The smallest absolute Gasteiger partial charge is 0.311 e. The Morgan fingerprint density at radius 2 is 2.38 bits per heavy atom. The highest BCUT2D eigenvalue weighted by Gasteiger charge is 2.31. The first-order chi connectivity index (χ1) is 10.0. The maximum absolute atomic E-state index is 11.8. The molecule has 21 heavy (non-hydrogen) atoms. The number of pyridine rings is 1. The van der Waals surface area contributed by atoms with Crippen molar-refractivity contribution in [1.29, 1.82) is 0 Å². The zero-order valence-corrected chi connectivity index (χ0v) is 13.1. The summed E-state index contributed by atoms with van der Waals surface area (Å²) in [5.74, 6) is -0.143. The molecule has 0 bridgehead atoms. The molecule has 5 nitrogen and oxygen atoms in total. The Morgan fingerprint density at radius 1 is 1.57 bits per heavy atom. The Hall–Kier alpha value is -1.46. The van der Waals surface area contributed by atoms with E-state index in [1.165, 1.54) is 12.7 Å². The number of piperazine rings is 1. The molecule has 1 aromatic rings. The number of hydrogen-bond donors (Lipinski definition) is 1. The highest BCUT2D eigenvalue weighted by atomic mass is 16.5. The van der Waals surface area contributed by atoms with Gasteiger partial charge in [0, 0.05) is 38.1 Å². The predicted octanol–water partition coefficient (Wildman–Crippen LogP) is 1.62. The van der Waals surface area contributed by atoms with Crippen LogP contribution in [-0.2, 0) is 9.53 Å². The van der Waals surface area contributed by atoms with E-state index < -0.39 is 5.41 Å². The first kappa shape index (κ1) is 15.9. The lowest BCUT2D eigenvalue weighted by Crippen LogP contribution is -2.47. The van der Waals surface area contributed by atoms with Crippen molar-refractivity contribution < 1.29 is 9.53 Å². The van der Waals surface area contributed by atoms with E-state index in [0.29, 0.717) is 6.04 Å². The first-order valence-corrected chi connectivity index (χ1v) is 7.48. The molecule has 116 valence electrons. The van der Waals surface area contributed by atoms with Gasteiger partial charge in [-0.2, -0.15) is 0 Å². The quantitative estimate of drug-likeness (QED) is 0.836. The van der Waals surface area contributed by atoms with E-state index in [0.717, 1.165) is 32.6 Å². The van der Waals surface area contributed by atoms with Gasteiger partial charge in [-0.15, -0.1) is 0 Å². The second-order valence-electron chi connectivity index (χ2n) is 6.17. The van der Waals surface area contributed by atoms with Crippen molar-refractivity contribution in [3.05, 3.63) is 30.1 Å². The van der Waals surface area contributed by atoms with Crippen LogP contribution in [0.3, 0.4) is 0 Å². The summed E-state index contributed by atoms with van der Waals surface area (Å²) in [4.78, 5) is 18.4. The van der Waals surface area contributed by atoms with Crippen molar-refractivity contribution in [1.82, 2.24) is 15.2 Å². The summed E-state index contributed by atoms with van der Waals surface area (Å²) in [6.45, 7) is 7.65. The van der Waals surface area contributed by atoms with Gasteiger partial charge in [-0.1, -0.05) is 6.07 Å². The van der Waals surface area contributed by atoms with Gasteiger partial charge in [0.05, 0.1) is 12.5 Å². The summed E-state index contributed by atoms with van der Waals surface area (Å²) >= 11 is 0. The van der Waals surface area contributed by atoms with Gasteiger partial charge < -0.3 is 10.1 Å². The molecule has 0 saturated carbocycles. The molecule has 0 spiro atoms. The Kier molecular flexibility index (Phi) is 5.31. The monoisotopic (exact) mass is 291 g/mol. The second-order valence-corrected chi connectivity index (χ2v) is 6.17. The fraction of sp³-hybridized carbons (Fsp3) is 0.625. The molecule has 0 aromatic carbocycles. The summed E-state index contributed by atoms with van der Waals surface area (Å²) in [7, 11) is 1.45. The van der Waals surface area contributed by atoms with Crippen LogP contribution in [0.1, 0.15) is 31.9 Å². The molecule has 1 atom stereocenters. The van der Waals surface area contributed by atoms with Gasteiger partial charge in [-0.25, -0.2) is 0 Å². The maximum Gasteiger partial charge on any atom is 0.311 e. The van der Waals surface area contributed by atoms with Crippen LogP contribution in [-0.4, -0.2) is 49.1 Å². The van der Waals surface area contributed by atoms with Crippen molar-refractivity contribution in [2.75, 3.05) is 33.3 Å². The van der Waals surface area contributed by atoms with Crippen LogP contribution in [0, 0.1) is 5.41 Å². The van der Waals surface area contributed by atoms with E-state index in [1.54, 1.807) is 6.20 Å². The molecule has 1 aliphatic heterocycles. The molecule has 0 amide bonds. The fourth-order valence-corrected chi connectivity index (χ4v) is 2.72. The summed E-state index contributed by atoms with van der Waals surface area (Å²) in [5, 5.41) is 3.43. The van der Waals surface area contributed by atoms with Crippen LogP contribution in [0.5, 0.6) is 0 Å². The van der Waals surface area contributed by atoms with Crippen LogP contribution >= 0.6 is 0 Å². The maximum atomic E-state index is 11.8. The standard InChI is InChI=1S/C16H25N3O2/c1-16(2,15(20)21-3)6-9-19-10-8-18-12-14(19)13-5-4-7-17-11-13/h4-5,7,11,14,18H,6,8-10,12H2,1-3H3. The number of nitrogens with zero attached hydrogens (tertiary/aromatic N) is 2. The summed E-state index contributed by atoms with van der Waals surface area (Å²) in [6.07, 6.45) is 4.51. The Bertz CT molecular complexity index is 462. The number of rotatable bonds is 5. The largest absolute Gasteiger partial charge is 0.469 e. The van der Waals surface area contributed by atoms with E-state index in [-0.39, 0.29) is 5.97 Å². The number of ether oxygens (including phenoxy) is 1. The number of nitrogens with one attached hydrogen (secondary N) is 1. The molecule has 1 unspecified atom stereocenters. The van der Waals surface area contributed by atoms with E-state index in [4.69, 9.17) is 4.74 Å². The van der Waals surface area contributed by atoms with Gasteiger partial charge in [-0.05, 0) is 38.4 Å². The summed E-state index contributed by atoms with van der Waals surface area (Å²) in [6, 6.07) is 4.41. The Labute approximate surface area is 126 Å². The molecule has 1 saturated heterocycles. The van der Waals surface area contributed by atoms with E-state index in [2.05, 4.69) is 21.3 Å². The van der Waals surface area contributed by atoms with Crippen molar-refractivity contribution in [3.8, 4) is 0 Å². The zero-order chi connectivity index (χ0) is 15.3. The third kappa shape index (κ3) is 4.02. The van der Waals surface area contributed by atoms with Gasteiger partial charge in [0.25, 0.3) is 0 Å². The minimum absolute atomic E-state index is 0.143. The third-order valence-corrected chi connectivity index (χ3v) is 4.19. The van der Waals surface area contributed by atoms with E-state index >= 15 is 0 Å². The number of aromatic nitrogens is 1. The van der Waals surface area contributed by atoms with Crippen LogP contribution in [0.25, 0.3) is 0 Å². The molecule has 1 aliphatic rings. The van der Waals surface area contributed by atoms with E-state index in [1.807, 2.05) is 26.1 Å². The van der Waals surface area contributed by atoms with E-state index in [9.17, 15) is 4.79 Å². The average molecular weight is 291 g/mol. The number of carbonyl (C=O) groups excluding carboxylic acids is 1. The number of methoxy groups -OCH3 is 1. The summed E-state index contributed by atoms with van der Waals surface area (Å²) < 4.78 is 4.89. The molecule has 0 aliphatic carbocycles. The van der Waals surface area contributed by atoms with Crippen molar-refractivity contribution in [2.24, 2.45) is 5.41 Å². The lowest BCUT2D eigenvalue weighted by Gasteiger charge is -2.37. The third-order valence-electron chi connectivity index (χ3n) is 4.19. The zero-order valence-electron chi connectivity index (χ0n) is 13.1. The van der Waals surface area contributed by atoms with Gasteiger partial charge >= 0.3 is 5.97 Å². The molecule has 1 N–H and O–H groups in total. The number of hydrogen-bond acceptors (Lipinski definition) is 5. The minimum Gasteiger partial charge on any atom is -0.469 e. The number of carbonyl (C=O) groups is 1. The molecule has 5 heteroatoms. The molecular formula is C16H25N3O2. The number of esters is 1. The van der Waals surface area contributed by atoms with Gasteiger partial charge in [-0.3, -0.25) is 14.7 Å². The normalized spacial score (nSPS) is 20.2. The lowest BCUT2D eigenvalue weighted by molar-refractivity contribution is -0.151. The highest BCUT2D eigenvalue weighted by molar-refractivity contribution is 5.75. The van der Waals surface area contributed by atoms with Crippen molar-refractivity contribution in [2.45, 2.75) is 26.3 Å². The molecular weight excluding hydrogens is 266 g/mol. The fourth-order valence-electron chi connectivity index (χ4n) is 2.72. The van der Waals surface area contributed by atoms with Gasteiger partial charge in [0.15, 0.2) is 0 Å². The summed E-state index contributed by atoms with van der Waals surface area (Å²) in [5.41, 5.74) is 0.777.